The third kappa shape index (κ3) is 2.52. The van der Waals surface area contributed by atoms with Crippen molar-refractivity contribution < 1.29 is 9.28 Å². The minimum absolute atomic E-state index is 0.327. The number of nitrogens with zero attached hydrogens (tertiary/aromatic N) is 2. The molecule has 0 unspecified atom stereocenters. The molecule has 1 atom stereocenters. The first kappa shape index (κ1) is 15.6. The number of quaternary nitrogens is 1. The first-order valence-electron chi connectivity index (χ1n) is 10.4. The van der Waals surface area contributed by atoms with E-state index in [2.05, 4.69) is 17.1 Å². The number of amides is 1. The number of hydrogen-bond acceptors (Lipinski definition) is 2. The molecule has 3 saturated heterocycles. The van der Waals surface area contributed by atoms with Gasteiger partial charge in [-0.2, -0.15) is 0 Å². The Morgan fingerprint density at radius 2 is 1.54 bits per heavy atom. The number of carbonyl (C=O) groups excluding carboxylic acids is 1. The highest BCUT2D eigenvalue weighted by Crippen LogP contribution is 2.61. The van der Waals surface area contributed by atoms with Gasteiger partial charge in [0.1, 0.15) is 0 Å². The average Bonchev–Trinajstić information content (AvgIpc) is 2.54. The smallest absolute Gasteiger partial charge is 0.275 e. The molecule has 7 aliphatic rings. The third-order valence-corrected chi connectivity index (χ3v) is 8.53. The molecular weight excluding hydrogens is 298 g/mol. The lowest BCUT2D eigenvalue weighted by Crippen LogP contribution is -2.69. The molecule has 3 aliphatic heterocycles. The van der Waals surface area contributed by atoms with Crippen molar-refractivity contribution in [3.8, 4) is 0 Å². The molecule has 1 amide bonds. The highest BCUT2D eigenvalue weighted by Gasteiger charge is 2.53. The Hall–Kier alpha value is -0.610. The zero-order chi connectivity index (χ0) is 16.4. The number of piperazine rings is 3. The summed E-state index contributed by atoms with van der Waals surface area (Å²) in [4.78, 5) is 15.4. The second kappa shape index (κ2) is 5.44. The molecule has 6 bridgehead atoms. The second-order valence-corrected chi connectivity index (χ2v) is 10.1. The van der Waals surface area contributed by atoms with Crippen LogP contribution < -0.4 is 5.32 Å². The van der Waals surface area contributed by atoms with E-state index in [9.17, 15) is 4.79 Å². The quantitative estimate of drug-likeness (QED) is 0.797. The Bertz CT molecular complexity index is 474. The highest BCUT2D eigenvalue weighted by molar-refractivity contribution is 5.77. The fourth-order valence-corrected chi connectivity index (χ4v) is 7.42. The highest BCUT2D eigenvalue weighted by atomic mass is 16.2. The molecule has 0 aromatic heterocycles. The fraction of sp³-hybridized carbons (Fsp3) is 0.950. The van der Waals surface area contributed by atoms with Crippen LogP contribution in [0.1, 0.15) is 45.4 Å². The predicted molar refractivity (Wildman–Crippen MR) is 94.4 cm³/mol. The molecule has 134 valence electrons. The second-order valence-electron chi connectivity index (χ2n) is 10.1. The van der Waals surface area contributed by atoms with Crippen molar-refractivity contribution in [2.75, 3.05) is 45.8 Å². The van der Waals surface area contributed by atoms with Crippen molar-refractivity contribution in [3.05, 3.63) is 0 Å². The first-order chi connectivity index (χ1) is 11.5. The van der Waals surface area contributed by atoms with E-state index >= 15 is 0 Å². The maximum absolute atomic E-state index is 12.9. The summed E-state index contributed by atoms with van der Waals surface area (Å²) < 4.78 is 1.05. The molecule has 1 N–H and O–H groups in total. The van der Waals surface area contributed by atoms with E-state index in [4.69, 9.17) is 0 Å². The van der Waals surface area contributed by atoms with Crippen LogP contribution in [0.15, 0.2) is 0 Å². The van der Waals surface area contributed by atoms with Gasteiger partial charge in [-0.15, -0.1) is 0 Å². The molecule has 4 saturated carbocycles. The Labute approximate surface area is 146 Å². The molecule has 4 heteroatoms. The van der Waals surface area contributed by atoms with E-state index in [0.717, 1.165) is 28.8 Å². The fourth-order valence-electron chi connectivity index (χ4n) is 7.42. The minimum Gasteiger partial charge on any atom is -0.348 e. The van der Waals surface area contributed by atoms with Gasteiger partial charge in [0.05, 0.1) is 19.6 Å². The van der Waals surface area contributed by atoms with E-state index in [1.54, 1.807) is 0 Å². The van der Waals surface area contributed by atoms with Crippen LogP contribution in [0, 0.1) is 23.2 Å². The Balaban J connectivity index is 1.24. The molecule has 3 heterocycles. The molecule has 0 radical (unpaired) electrons. The van der Waals surface area contributed by atoms with Gasteiger partial charge in [-0.1, -0.05) is 0 Å². The molecule has 0 spiro atoms. The van der Waals surface area contributed by atoms with Crippen LogP contribution >= 0.6 is 0 Å². The summed E-state index contributed by atoms with van der Waals surface area (Å²) in [5.41, 5.74) is 0.436. The Morgan fingerprint density at radius 3 is 2.04 bits per heavy atom. The van der Waals surface area contributed by atoms with E-state index in [0.29, 0.717) is 17.4 Å². The van der Waals surface area contributed by atoms with Gasteiger partial charge in [-0.25, -0.2) is 0 Å². The largest absolute Gasteiger partial charge is 0.348 e. The summed E-state index contributed by atoms with van der Waals surface area (Å²) in [6.07, 6.45) is 8.60. The maximum Gasteiger partial charge on any atom is 0.275 e. The van der Waals surface area contributed by atoms with Gasteiger partial charge in [0.15, 0.2) is 6.54 Å². The average molecular weight is 333 g/mol. The van der Waals surface area contributed by atoms with Gasteiger partial charge < -0.3 is 9.80 Å². The topological polar surface area (TPSA) is 32.3 Å². The third-order valence-electron chi connectivity index (χ3n) is 8.53. The van der Waals surface area contributed by atoms with Crippen LogP contribution in [0.25, 0.3) is 0 Å². The van der Waals surface area contributed by atoms with Crippen LogP contribution in [0.4, 0.5) is 0 Å². The molecular formula is C20H34N3O+. The number of carbonyl (C=O) groups is 1. The Morgan fingerprint density at radius 1 is 1.04 bits per heavy atom. The first-order valence-corrected chi connectivity index (χ1v) is 10.4. The standard InChI is InChI=1S/C20H33N3O/c1-15(20-11-16-8-17(12-20)10-18(9-16)13-20)21-19(24)14-23-5-2-22(3-6-23)4-7-23/h15-18H,2-14H2,1H3/p+1/t15-,16?,17?,18?,20?/m0/s1. The Kier molecular flexibility index (Phi) is 3.54. The molecule has 7 rings (SSSR count). The van der Waals surface area contributed by atoms with Crippen LogP contribution in [0.5, 0.6) is 0 Å². The summed E-state index contributed by atoms with van der Waals surface area (Å²) in [6.45, 7) is 10.2. The number of fused-ring (bicyclic) bond motifs is 3. The molecule has 0 aromatic carbocycles. The van der Waals surface area contributed by atoms with Crippen molar-refractivity contribution in [2.45, 2.75) is 51.5 Å². The van der Waals surface area contributed by atoms with Crippen molar-refractivity contribution in [2.24, 2.45) is 23.2 Å². The van der Waals surface area contributed by atoms with E-state index in [1.807, 2.05) is 0 Å². The minimum atomic E-state index is 0.327. The van der Waals surface area contributed by atoms with Crippen molar-refractivity contribution in [1.29, 1.82) is 0 Å². The van der Waals surface area contributed by atoms with Crippen molar-refractivity contribution in [1.82, 2.24) is 10.2 Å². The monoisotopic (exact) mass is 332 g/mol. The zero-order valence-corrected chi connectivity index (χ0v) is 15.3. The van der Waals surface area contributed by atoms with Gasteiger partial charge >= 0.3 is 0 Å². The SMILES string of the molecule is C[C@H](NC(=O)C[N+]12CCN(CC1)CC2)C12CC3CC(CC(C3)C1)C2. The van der Waals surface area contributed by atoms with Crippen LogP contribution in [-0.4, -0.2) is 67.1 Å². The van der Waals surface area contributed by atoms with E-state index < -0.39 is 0 Å². The summed E-state index contributed by atoms with van der Waals surface area (Å²) in [5.74, 6) is 3.22. The van der Waals surface area contributed by atoms with Gasteiger partial charge in [0.25, 0.3) is 5.91 Å². The summed E-state index contributed by atoms with van der Waals surface area (Å²) in [7, 11) is 0. The van der Waals surface area contributed by atoms with E-state index in [1.165, 1.54) is 77.8 Å². The molecule has 0 aromatic rings. The van der Waals surface area contributed by atoms with Gasteiger partial charge in [-0.3, -0.25) is 9.69 Å². The van der Waals surface area contributed by atoms with Gasteiger partial charge in [-0.05, 0) is 68.6 Å². The zero-order valence-electron chi connectivity index (χ0n) is 15.3. The van der Waals surface area contributed by atoms with Gasteiger partial charge in [0, 0.05) is 25.7 Å². The lowest BCUT2D eigenvalue weighted by molar-refractivity contribution is -0.933. The summed E-state index contributed by atoms with van der Waals surface area (Å²) in [6, 6.07) is 0.377. The van der Waals surface area contributed by atoms with E-state index in [-0.39, 0.29) is 0 Å². The molecule has 4 nitrogen and oxygen atoms in total. The molecule has 7 fully saturated rings. The number of hydrogen-bond donors (Lipinski definition) is 1. The van der Waals surface area contributed by atoms with Gasteiger partial charge in [0.2, 0.25) is 0 Å². The summed E-state index contributed by atoms with van der Waals surface area (Å²) >= 11 is 0. The lowest BCUT2D eigenvalue weighted by Gasteiger charge is -2.59. The molecule has 24 heavy (non-hydrogen) atoms. The van der Waals surface area contributed by atoms with Crippen LogP contribution in [0.2, 0.25) is 0 Å². The van der Waals surface area contributed by atoms with Crippen LogP contribution in [-0.2, 0) is 4.79 Å². The maximum atomic E-state index is 12.9. The summed E-state index contributed by atoms with van der Waals surface area (Å²) in [5, 5.41) is 3.49. The van der Waals surface area contributed by atoms with Crippen LogP contribution in [0.3, 0.4) is 0 Å². The number of nitrogens with one attached hydrogen (secondary N) is 1. The van der Waals surface area contributed by atoms with Crippen molar-refractivity contribution in [3.63, 3.8) is 0 Å². The van der Waals surface area contributed by atoms with Crippen molar-refractivity contribution >= 4 is 5.91 Å². The number of rotatable bonds is 4. The molecule has 4 aliphatic carbocycles. The lowest BCUT2D eigenvalue weighted by atomic mass is 9.48. The normalized spacial score (nSPS) is 50.0. The predicted octanol–water partition coefficient (Wildman–Crippen LogP) is 1.85.